The largest absolute Gasteiger partial charge is 0.362 e. The minimum absolute atomic E-state index is 0.205. The Morgan fingerprint density at radius 2 is 1.59 bits per heavy atom. The standard InChI is InChI=1S/C19H16N2S/c1-13(15-11-6-8-14-7-2-3-9-16(14)15)20-19-17-10-4-5-12-18(17)22-21-19/h2-13H,1H3,(H,20,21)/t13-/m0/s1. The van der Waals surface area contributed by atoms with Crippen LogP contribution in [0.3, 0.4) is 0 Å². The number of nitrogens with one attached hydrogen (secondary N) is 1. The van der Waals surface area contributed by atoms with Crippen molar-refractivity contribution < 1.29 is 0 Å². The lowest BCUT2D eigenvalue weighted by Gasteiger charge is -2.16. The van der Waals surface area contributed by atoms with Crippen LogP contribution in [0.1, 0.15) is 18.5 Å². The van der Waals surface area contributed by atoms with Crippen LogP contribution >= 0.6 is 11.5 Å². The molecule has 0 saturated carbocycles. The number of hydrogen-bond acceptors (Lipinski definition) is 3. The molecule has 0 aliphatic rings. The first-order chi connectivity index (χ1) is 10.8. The summed E-state index contributed by atoms with van der Waals surface area (Å²) in [5.74, 6) is 0.973. The van der Waals surface area contributed by atoms with Crippen LogP contribution in [0.5, 0.6) is 0 Å². The molecule has 0 saturated heterocycles. The molecule has 3 aromatic carbocycles. The molecule has 0 aliphatic carbocycles. The molecule has 0 bridgehead atoms. The second-order valence-electron chi connectivity index (χ2n) is 5.46. The van der Waals surface area contributed by atoms with Crippen LogP contribution in [-0.2, 0) is 0 Å². The van der Waals surface area contributed by atoms with Crippen LogP contribution in [0.4, 0.5) is 5.82 Å². The second kappa shape index (κ2) is 5.43. The average molecular weight is 304 g/mol. The van der Waals surface area contributed by atoms with Gasteiger partial charge in [0.2, 0.25) is 0 Å². The second-order valence-corrected chi connectivity index (χ2v) is 6.27. The molecule has 0 amide bonds. The molecule has 1 atom stereocenters. The van der Waals surface area contributed by atoms with Crippen molar-refractivity contribution >= 4 is 38.2 Å². The predicted octanol–water partition coefficient (Wildman–Crippen LogP) is 5.62. The van der Waals surface area contributed by atoms with E-state index in [-0.39, 0.29) is 6.04 Å². The first-order valence-electron chi connectivity index (χ1n) is 7.41. The van der Waals surface area contributed by atoms with Gasteiger partial charge >= 0.3 is 0 Å². The first kappa shape index (κ1) is 13.3. The number of rotatable bonds is 3. The summed E-state index contributed by atoms with van der Waals surface area (Å²) >= 11 is 1.54. The zero-order valence-electron chi connectivity index (χ0n) is 12.3. The Hall–Kier alpha value is -2.39. The third kappa shape index (κ3) is 2.24. The third-order valence-corrected chi connectivity index (χ3v) is 4.85. The van der Waals surface area contributed by atoms with Gasteiger partial charge in [0.25, 0.3) is 0 Å². The van der Waals surface area contributed by atoms with Crippen molar-refractivity contribution in [2.24, 2.45) is 0 Å². The summed E-state index contributed by atoms with van der Waals surface area (Å²) < 4.78 is 5.79. The lowest BCUT2D eigenvalue weighted by atomic mass is 9.99. The average Bonchev–Trinajstić information content (AvgIpc) is 2.97. The Bertz CT molecular complexity index is 937. The van der Waals surface area contributed by atoms with Gasteiger partial charge in [-0.1, -0.05) is 54.6 Å². The molecule has 4 rings (SSSR count). The van der Waals surface area contributed by atoms with Crippen molar-refractivity contribution in [3.63, 3.8) is 0 Å². The normalized spacial score (nSPS) is 12.6. The highest BCUT2D eigenvalue weighted by Gasteiger charge is 2.12. The maximum Gasteiger partial charge on any atom is 0.148 e. The molecule has 0 radical (unpaired) electrons. The van der Waals surface area contributed by atoms with Crippen LogP contribution in [0.2, 0.25) is 0 Å². The van der Waals surface area contributed by atoms with E-state index < -0.39 is 0 Å². The maximum atomic E-state index is 4.57. The van der Waals surface area contributed by atoms with E-state index in [9.17, 15) is 0 Å². The number of nitrogens with zero attached hydrogens (tertiary/aromatic N) is 1. The zero-order valence-corrected chi connectivity index (χ0v) is 13.1. The predicted molar refractivity (Wildman–Crippen MR) is 95.6 cm³/mol. The van der Waals surface area contributed by atoms with E-state index in [0.29, 0.717) is 0 Å². The van der Waals surface area contributed by atoms with Gasteiger partial charge in [-0.2, -0.15) is 4.37 Å². The lowest BCUT2D eigenvalue weighted by Crippen LogP contribution is -2.07. The van der Waals surface area contributed by atoms with Gasteiger partial charge in [-0.25, -0.2) is 0 Å². The minimum atomic E-state index is 0.205. The fourth-order valence-electron chi connectivity index (χ4n) is 2.90. The van der Waals surface area contributed by atoms with Gasteiger partial charge in [0, 0.05) is 5.39 Å². The van der Waals surface area contributed by atoms with Gasteiger partial charge in [-0.15, -0.1) is 0 Å². The van der Waals surface area contributed by atoms with Gasteiger partial charge in [-0.05, 0) is 46.9 Å². The van der Waals surface area contributed by atoms with Crippen molar-refractivity contribution in [3.8, 4) is 0 Å². The molecule has 2 nitrogen and oxygen atoms in total. The molecule has 108 valence electrons. The highest BCUT2D eigenvalue weighted by atomic mass is 32.1. The van der Waals surface area contributed by atoms with Crippen molar-refractivity contribution in [2.75, 3.05) is 5.32 Å². The summed E-state index contributed by atoms with van der Waals surface area (Å²) in [7, 11) is 0. The van der Waals surface area contributed by atoms with Gasteiger partial charge in [-0.3, -0.25) is 0 Å². The molecule has 0 fully saturated rings. The minimum Gasteiger partial charge on any atom is -0.362 e. The third-order valence-electron chi connectivity index (χ3n) is 4.02. The maximum absolute atomic E-state index is 4.57. The Morgan fingerprint density at radius 1 is 0.864 bits per heavy atom. The van der Waals surface area contributed by atoms with Gasteiger partial charge < -0.3 is 5.32 Å². The Morgan fingerprint density at radius 3 is 2.50 bits per heavy atom. The van der Waals surface area contributed by atoms with Gasteiger partial charge in [0.05, 0.1) is 10.7 Å². The number of hydrogen-bond donors (Lipinski definition) is 1. The lowest BCUT2D eigenvalue weighted by molar-refractivity contribution is 0.891. The Balaban J connectivity index is 1.73. The molecule has 0 spiro atoms. The molecule has 3 heteroatoms. The van der Waals surface area contributed by atoms with E-state index in [1.165, 1.54) is 26.4 Å². The number of fused-ring (bicyclic) bond motifs is 2. The molecule has 22 heavy (non-hydrogen) atoms. The fourth-order valence-corrected chi connectivity index (χ4v) is 3.64. The summed E-state index contributed by atoms with van der Waals surface area (Å²) in [4.78, 5) is 0. The van der Waals surface area contributed by atoms with Crippen molar-refractivity contribution in [3.05, 3.63) is 72.3 Å². The number of aromatic nitrogens is 1. The van der Waals surface area contributed by atoms with Crippen LogP contribution in [0.15, 0.2) is 66.7 Å². The highest BCUT2D eigenvalue weighted by Crippen LogP contribution is 2.31. The van der Waals surface area contributed by atoms with E-state index in [4.69, 9.17) is 0 Å². The Kier molecular flexibility index (Phi) is 3.28. The molecular weight excluding hydrogens is 288 g/mol. The van der Waals surface area contributed by atoms with Crippen LogP contribution in [0, 0.1) is 0 Å². The Labute approximate surface area is 133 Å². The first-order valence-corrected chi connectivity index (χ1v) is 8.19. The monoisotopic (exact) mass is 304 g/mol. The molecule has 0 aliphatic heterocycles. The van der Waals surface area contributed by atoms with E-state index in [1.54, 1.807) is 11.5 Å². The van der Waals surface area contributed by atoms with Gasteiger partial charge in [0.1, 0.15) is 5.82 Å². The highest BCUT2D eigenvalue weighted by molar-refractivity contribution is 7.13. The topological polar surface area (TPSA) is 24.9 Å². The number of anilines is 1. The molecule has 1 N–H and O–H groups in total. The summed E-state index contributed by atoms with van der Waals surface area (Å²) in [5, 5.41) is 7.34. The molecule has 4 aromatic rings. The van der Waals surface area contributed by atoms with Crippen LogP contribution < -0.4 is 5.32 Å². The van der Waals surface area contributed by atoms with E-state index >= 15 is 0 Å². The van der Waals surface area contributed by atoms with Gasteiger partial charge in [0.15, 0.2) is 0 Å². The van der Waals surface area contributed by atoms with Crippen LogP contribution in [-0.4, -0.2) is 4.37 Å². The van der Waals surface area contributed by atoms with Crippen molar-refractivity contribution in [1.29, 1.82) is 0 Å². The summed E-state index contributed by atoms with van der Waals surface area (Å²) in [6, 6.07) is 23.5. The molecule has 0 unspecified atom stereocenters. The van der Waals surface area contributed by atoms with E-state index in [0.717, 1.165) is 5.82 Å². The van der Waals surface area contributed by atoms with E-state index in [2.05, 4.69) is 83.3 Å². The molecule has 1 heterocycles. The smallest absolute Gasteiger partial charge is 0.148 e. The number of benzene rings is 3. The SMILES string of the molecule is C[C@H](Nc1nsc2ccccc12)c1cccc2ccccc12. The van der Waals surface area contributed by atoms with Crippen molar-refractivity contribution in [1.82, 2.24) is 4.37 Å². The summed E-state index contributed by atoms with van der Waals surface area (Å²) in [6.07, 6.45) is 0. The van der Waals surface area contributed by atoms with Crippen LogP contribution in [0.25, 0.3) is 20.9 Å². The van der Waals surface area contributed by atoms with Crippen molar-refractivity contribution in [2.45, 2.75) is 13.0 Å². The van der Waals surface area contributed by atoms with E-state index in [1.807, 2.05) is 0 Å². The molecular formula is C19H16N2S. The summed E-state index contributed by atoms with van der Waals surface area (Å²) in [5.41, 5.74) is 1.30. The zero-order chi connectivity index (χ0) is 14.9. The molecule has 1 aromatic heterocycles. The summed E-state index contributed by atoms with van der Waals surface area (Å²) in [6.45, 7) is 2.19. The fraction of sp³-hybridized carbons (Fsp3) is 0.105. The quantitative estimate of drug-likeness (QED) is 0.531.